The number of rotatable bonds is 5. The monoisotopic (exact) mass is 375 g/mol. The minimum atomic E-state index is -3.88. The van der Waals surface area contributed by atoms with Crippen LogP contribution in [0, 0.1) is 0 Å². The van der Waals surface area contributed by atoms with Gasteiger partial charge in [-0.15, -0.1) is 0 Å². The lowest BCUT2D eigenvalue weighted by Gasteiger charge is -2.24. The molecule has 2 rings (SSSR count). The van der Waals surface area contributed by atoms with Crippen molar-refractivity contribution in [1.29, 1.82) is 0 Å². The van der Waals surface area contributed by atoms with E-state index in [1.165, 1.54) is 24.1 Å². The van der Waals surface area contributed by atoms with Gasteiger partial charge in [-0.1, -0.05) is 11.6 Å². The highest BCUT2D eigenvalue weighted by Crippen LogP contribution is 2.32. The Kier molecular flexibility index (Phi) is 6.08. The zero-order chi connectivity index (χ0) is 17.9. The van der Waals surface area contributed by atoms with Gasteiger partial charge in [0.15, 0.2) is 5.75 Å². The Morgan fingerprint density at radius 1 is 1.42 bits per heavy atom. The molecule has 7 nitrogen and oxygen atoms in total. The quantitative estimate of drug-likeness (QED) is 0.804. The summed E-state index contributed by atoms with van der Waals surface area (Å²) < 4.78 is 33.4. The Morgan fingerprint density at radius 3 is 2.67 bits per heavy atom. The smallest absolute Gasteiger partial charge is 0.257 e. The van der Waals surface area contributed by atoms with Crippen molar-refractivity contribution in [2.45, 2.75) is 23.8 Å². The number of nitrogens with zero attached hydrogens (tertiary/aromatic N) is 1. The third kappa shape index (κ3) is 4.18. The molecule has 1 aromatic carbocycles. The predicted molar refractivity (Wildman–Crippen MR) is 92.2 cm³/mol. The molecule has 0 aliphatic carbocycles. The van der Waals surface area contributed by atoms with E-state index < -0.39 is 10.0 Å². The van der Waals surface area contributed by atoms with Crippen molar-refractivity contribution in [1.82, 2.24) is 14.9 Å². The average Bonchev–Trinajstić information content (AvgIpc) is 2.53. The van der Waals surface area contributed by atoms with Gasteiger partial charge < -0.3 is 15.0 Å². The molecule has 0 radical (unpaired) electrons. The molecule has 1 saturated heterocycles. The molecule has 1 heterocycles. The second-order valence-corrected chi connectivity index (χ2v) is 7.97. The molecule has 0 aromatic heterocycles. The molecule has 0 saturated carbocycles. The van der Waals surface area contributed by atoms with Crippen LogP contribution in [0.2, 0.25) is 5.02 Å². The van der Waals surface area contributed by atoms with Crippen LogP contribution in [0.15, 0.2) is 17.0 Å². The summed E-state index contributed by atoms with van der Waals surface area (Å²) in [6.07, 6.45) is 1.64. The number of sulfonamides is 1. The van der Waals surface area contributed by atoms with Crippen LogP contribution >= 0.6 is 11.6 Å². The molecule has 134 valence electrons. The summed E-state index contributed by atoms with van der Waals surface area (Å²) >= 11 is 6.05. The lowest BCUT2D eigenvalue weighted by Crippen LogP contribution is -2.45. The van der Waals surface area contributed by atoms with Gasteiger partial charge in [-0.25, -0.2) is 13.1 Å². The lowest BCUT2D eigenvalue weighted by molar-refractivity contribution is 0.0824. The SMILES string of the molecule is COc1c(C(=O)N(C)C)cc(Cl)cc1S(=O)(=O)NC1CCCNC1. The summed E-state index contributed by atoms with van der Waals surface area (Å²) in [6, 6.07) is 2.50. The summed E-state index contributed by atoms with van der Waals surface area (Å²) in [7, 11) is 0.598. The van der Waals surface area contributed by atoms with E-state index in [1.807, 2.05) is 0 Å². The third-order valence-corrected chi connectivity index (χ3v) is 5.51. The molecule has 0 bridgehead atoms. The topological polar surface area (TPSA) is 87.7 Å². The minimum Gasteiger partial charge on any atom is -0.494 e. The Balaban J connectivity index is 2.46. The van der Waals surface area contributed by atoms with Crippen molar-refractivity contribution >= 4 is 27.5 Å². The van der Waals surface area contributed by atoms with E-state index in [1.54, 1.807) is 14.1 Å². The van der Waals surface area contributed by atoms with Crippen LogP contribution in [0.5, 0.6) is 5.75 Å². The fourth-order valence-corrected chi connectivity index (χ4v) is 4.38. The van der Waals surface area contributed by atoms with Crippen molar-refractivity contribution in [3.8, 4) is 5.75 Å². The molecule has 1 aromatic rings. The number of hydrogen-bond acceptors (Lipinski definition) is 5. The molecule has 9 heteroatoms. The van der Waals surface area contributed by atoms with Gasteiger partial charge in [0, 0.05) is 31.7 Å². The number of halogens is 1. The second-order valence-electron chi connectivity index (χ2n) is 5.85. The minimum absolute atomic E-state index is 0.00521. The molecular weight excluding hydrogens is 354 g/mol. The summed E-state index contributed by atoms with van der Waals surface area (Å²) in [5.74, 6) is -0.389. The molecule has 1 aliphatic rings. The first-order chi connectivity index (χ1) is 11.3. The average molecular weight is 376 g/mol. The fraction of sp³-hybridized carbons (Fsp3) is 0.533. The number of hydrogen-bond donors (Lipinski definition) is 2. The molecule has 1 unspecified atom stereocenters. The number of methoxy groups -OCH3 is 1. The van der Waals surface area contributed by atoms with Gasteiger partial charge in [-0.2, -0.15) is 0 Å². The maximum Gasteiger partial charge on any atom is 0.257 e. The number of benzene rings is 1. The maximum atomic E-state index is 12.8. The molecular formula is C15H22ClN3O4S. The normalized spacial score (nSPS) is 18.2. The van der Waals surface area contributed by atoms with Gasteiger partial charge in [0.05, 0.1) is 12.7 Å². The molecule has 2 N–H and O–H groups in total. The molecule has 24 heavy (non-hydrogen) atoms. The summed E-state index contributed by atoms with van der Waals surface area (Å²) in [5.41, 5.74) is 0.108. The van der Waals surface area contributed by atoms with Crippen LogP contribution < -0.4 is 14.8 Å². The van der Waals surface area contributed by atoms with E-state index in [2.05, 4.69) is 10.0 Å². The Labute approximate surface area is 147 Å². The van der Waals surface area contributed by atoms with Crippen LogP contribution in [0.1, 0.15) is 23.2 Å². The molecule has 0 spiro atoms. The number of ether oxygens (including phenoxy) is 1. The first kappa shape index (κ1) is 19.0. The maximum absolute atomic E-state index is 12.8. The number of carbonyl (C=O) groups excluding carboxylic acids is 1. The van der Waals surface area contributed by atoms with E-state index in [4.69, 9.17) is 16.3 Å². The molecule has 1 aliphatic heterocycles. The largest absolute Gasteiger partial charge is 0.494 e. The number of piperidine rings is 1. The van der Waals surface area contributed by atoms with E-state index >= 15 is 0 Å². The Hall–Kier alpha value is -1.35. The van der Waals surface area contributed by atoms with Crippen LogP contribution in [-0.2, 0) is 10.0 Å². The third-order valence-electron chi connectivity index (χ3n) is 3.77. The van der Waals surface area contributed by atoms with Gasteiger partial charge in [0.25, 0.3) is 5.91 Å². The van der Waals surface area contributed by atoms with E-state index in [9.17, 15) is 13.2 Å². The van der Waals surface area contributed by atoms with Crippen molar-refractivity contribution in [3.63, 3.8) is 0 Å². The Morgan fingerprint density at radius 2 is 2.12 bits per heavy atom. The van der Waals surface area contributed by atoms with Crippen molar-refractivity contribution in [2.24, 2.45) is 0 Å². The fourth-order valence-electron chi connectivity index (χ4n) is 2.61. The predicted octanol–water partition coefficient (Wildman–Crippen LogP) is 1.08. The van der Waals surface area contributed by atoms with Gasteiger partial charge >= 0.3 is 0 Å². The molecule has 1 amide bonds. The number of carbonyl (C=O) groups is 1. The van der Waals surface area contributed by atoms with Crippen LogP contribution in [0.3, 0.4) is 0 Å². The van der Waals surface area contributed by atoms with Crippen LogP contribution in [0.25, 0.3) is 0 Å². The highest BCUT2D eigenvalue weighted by molar-refractivity contribution is 7.89. The van der Waals surface area contributed by atoms with Gasteiger partial charge in [0.2, 0.25) is 10.0 Å². The van der Waals surface area contributed by atoms with E-state index in [0.717, 1.165) is 19.4 Å². The van der Waals surface area contributed by atoms with Crippen molar-refractivity contribution in [2.75, 3.05) is 34.3 Å². The zero-order valence-electron chi connectivity index (χ0n) is 13.9. The first-order valence-corrected chi connectivity index (χ1v) is 9.44. The lowest BCUT2D eigenvalue weighted by atomic mass is 10.1. The first-order valence-electron chi connectivity index (χ1n) is 7.58. The highest BCUT2D eigenvalue weighted by Gasteiger charge is 2.29. The van der Waals surface area contributed by atoms with Crippen LogP contribution in [-0.4, -0.2) is 59.6 Å². The van der Waals surface area contributed by atoms with Gasteiger partial charge in [-0.3, -0.25) is 4.79 Å². The van der Waals surface area contributed by atoms with Gasteiger partial charge in [0.1, 0.15) is 4.90 Å². The van der Waals surface area contributed by atoms with E-state index in [0.29, 0.717) is 6.54 Å². The Bertz CT molecular complexity index is 716. The summed E-state index contributed by atoms with van der Waals surface area (Å²) in [6.45, 7) is 1.44. The summed E-state index contributed by atoms with van der Waals surface area (Å²) in [5, 5.41) is 3.30. The number of nitrogens with one attached hydrogen (secondary N) is 2. The summed E-state index contributed by atoms with van der Waals surface area (Å²) in [4.78, 5) is 13.5. The van der Waals surface area contributed by atoms with E-state index in [-0.39, 0.29) is 33.2 Å². The zero-order valence-corrected chi connectivity index (χ0v) is 15.5. The number of amides is 1. The van der Waals surface area contributed by atoms with Crippen molar-refractivity contribution in [3.05, 3.63) is 22.7 Å². The van der Waals surface area contributed by atoms with Crippen molar-refractivity contribution < 1.29 is 17.9 Å². The molecule has 1 atom stereocenters. The highest BCUT2D eigenvalue weighted by atomic mass is 35.5. The molecule has 1 fully saturated rings. The second kappa shape index (κ2) is 7.69. The van der Waals surface area contributed by atoms with Gasteiger partial charge in [-0.05, 0) is 31.5 Å². The van der Waals surface area contributed by atoms with Crippen LogP contribution in [0.4, 0.5) is 0 Å². The standard InChI is InChI=1S/C15H22ClN3O4S/c1-19(2)15(20)12-7-10(16)8-13(14(12)23-3)24(21,22)18-11-5-4-6-17-9-11/h7-8,11,17-18H,4-6,9H2,1-3H3.